The summed E-state index contributed by atoms with van der Waals surface area (Å²) in [5.74, 6) is -0.492. The number of nitrogens with one attached hydrogen (secondary N) is 2. The summed E-state index contributed by atoms with van der Waals surface area (Å²) < 4.78 is 0. The molecule has 3 N–H and O–H groups in total. The van der Waals surface area contributed by atoms with Gasteiger partial charge in [0.1, 0.15) is 0 Å². The van der Waals surface area contributed by atoms with Crippen molar-refractivity contribution in [3.05, 3.63) is 52.0 Å². The van der Waals surface area contributed by atoms with Gasteiger partial charge < -0.3 is 15.7 Å². The molecule has 0 bridgehead atoms. The normalized spacial score (nSPS) is 10.2. The Hall–Kier alpha value is -1.91. The first kappa shape index (κ1) is 15.5. The van der Waals surface area contributed by atoms with Gasteiger partial charge in [-0.25, -0.2) is 0 Å². The number of hydrogen-bond acceptors (Lipinski definition) is 3. The number of aromatic hydroxyl groups is 1. The smallest absolute Gasteiger partial charge is 0.257 e. The molecule has 0 saturated heterocycles. The maximum absolute atomic E-state index is 12.3. The molecular formula is C15H14Cl2N2O2. The molecule has 0 aliphatic rings. The predicted octanol–water partition coefficient (Wildman–Crippen LogP) is 4.38. The molecule has 0 spiro atoms. The lowest BCUT2D eigenvalue weighted by Gasteiger charge is -2.12. The summed E-state index contributed by atoms with van der Waals surface area (Å²) in [6.45, 7) is 2.66. The van der Waals surface area contributed by atoms with E-state index in [0.717, 1.165) is 5.69 Å². The summed E-state index contributed by atoms with van der Waals surface area (Å²) in [6, 6.07) is 10.1. The van der Waals surface area contributed by atoms with Crippen LogP contribution in [0.25, 0.3) is 0 Å². The molecule has 4 nitrogen and oxygen atoms in total. The van der Waals surface area contributed by atoms with Gasteiger partial charge in [-0.05, 0) is 31.2 Å². The van der Waals surface area contributed by atoms with E-state index in [1.54, 1.807) is 12.1 Å². The number of phenols is 1. The number of carbonyl (C=O) groups is 1. The number of carbonyl (C=O) groups excluding carboxylic acids is 1. The van der Waals surface area contributed by atoms with Crippen LogP contribution < -0.4 is 10.6 Å². The second-order valence-electron chi connectivity index (χ2n) is 4.32. The predicted molar refractivity (Wildman–Crippen MR) is 86.7 cm³/mol. The highest BCUT2D eigenvalue weighted by Crippen LogP contribution is 2.34. The molecule has 2 rings (SSSR count). The van der Waals surface area contributed by atoms with Gasteiger partial charge in [-0.2, -0.15) is 0 Å². The third-order valence-corrected chi connectivity index (χ3v) is 3.39. The van der Waals surface area contributed by atoms with Gasteiger partial charge >= 0.3 is 0 Å². The summed E-state index contributed by atoms with van der Waals surface area (Å²) in [5, 5.41) is 15.5. The zero-order valence-electron chi connectivity index (χ0n) is 11.3. The summed E-state index contributed by atoms with van der Waals surface area (Å²) in [7, 11) is 0. The summed E-state index contributed by atoms with van der Waals surface area (Å²) in [6.07, 6.45) is 0. The second kappa shape index (κ2) is 6.70. The summed E-state index contributed by atoms with van der Waals surface area (Å²) >= 11 is 11.7. The molecule has 2 aromatic rings. The molecular weight excluding hydrogens is 311 g/mol. The van der Waals surface area contributed by atoms with Crippen molar-refractivity contribution in [2.75, 3.05) is 17.2 Å². The number of benzene rings is 2. The topological polar surface area (TPSA) is 61.4 Å². The van der Waals surface area contributed by atoms with Crippen LogP contribution in [0.1, 0.15) is 17.3 Å². The minimum Gasteiger partial charge on any atom is -0.505 e. The first-order valence-corrected chi connectivity index (χ1v) is 7.10. The third kappa shape index (κ3) is 3.60. The molecule has 0 unspecified atom stereocenters. The van der Waals surface area contributed by atoms with Crippen LogP contribution in [-0.4, -0.2) is 17.6 Å². The van der Waals surface area contributed by atoms with Crippen LogP contribution in [0.5, 0.6) is 5.75 Å². The molecule has 0 fully saturated rings. The molecule has 0 aromatic heterocycles. The molecule has 0 saturated carbocycles. The molecule has 0 heterocycles. The Bertz CT molecular complexity index is 651. The van der Waals surface area contributed by atoms with E-state index in [1.807, 2.05) is 19.1 Å². The van der Waals surface area contributed by atoms with Gasteiger partial charge in [0, 0.05) is 17.9 Å². The van der Waals surface area contributed by atoms with Crippen molar-refractivity contribution in [1.29, 1.82) is 0 Å². The first-order chi connectivity index (χ1) is 10.0. The molecule has 21 heavy (non-hydrogen) atoms. The van der Waals surface area contributed by atoms with Crippen LogP contribution in [0.3, 0.4) is 0 Å². The van der Waals surface area contributed by atoms with E-state index in [9.17, 15) is 9.90 Å². The summed E-state index contributed by atoms with van der Waals surface area (Å²) in [5.41, 5.74) is 1.67. The number of hydrogen-bond donors (Lipinski definition) is 3. The highest BCUT2D eigenvalue weighted by atomic mass is 35.5. The van der Waals surface area contributed by atoms with Crippen molar-refractivity contribution in [3.8, 4) is 5.75 Å². The minimum absolute atomic E-state index is 0.0813. The first-order valence-electron chi connectivity index (χ1n) is 6.35. The number of phenolic OH excluding ortho intramolecular Hbond substituents is 1. The molecule has 0 aliphatic heterocycles. The van der Waals surface area contributed by atoms with Crippen molar-refractivity contribution in [3.63, 3.8) is 0 Å². The number of anilines is 2. The Morgan fingerprint density at radius 3 is 2.43 bits per heavy atom. The fourth-order valence-corrected chi connectivity index (χ4v) is 2.35. The molecule has 6 heteroatoms. The number of halogens is 2. The Kier molecular flexibility index (Phi) is 4.94. The molecule has 2 aromatic carbocycles. The Labute approximate surface area is 132 Å². The van der Waals surface area contributed by atoms with Gasteiger partial charge in [0.15, 0.2) is 5.75 Å². The van der Waals surface area contributed by atoms with E-state index in [0.29, 0.717) is 17.8 Å². The number of rotatable bonds is 4. The molecule has 0 aliphatic carbocycles. The van der Waals surface area contributed by atoms with Crippen LogP contribution in [0, 0.1) is 0 Å². The average molecular weight is 325 g/mol. The molecule has 110 valence electrons. The highest BCUT2D eigenvalue weighted by Gasteiger charge is 2.13. The van der Waals surface area contributed by atoms with Crippen molar-refractivity contribution >= 4 is 40.5 Å². The van der Waals surface area contributed by atoms with Gasteiger partial charge in [-0.3, -0.25) is 4.79 Å². The second-order valence-corrected chi connectivity index (χ2v) is 5.13. The zero-order valence-corrected chi connectivity index (χ0v) is 12.8. The fraction of sp³-hybridized carbons (Fsp3) is 0.133. The van der Waals surface area contributed by atoms with Gasteiger partial charge in [0.2, 0.25) is 0 Å². The standard InChI is InChI=1S/C15H14Cl2N2O2/c1-2-18-13-6-4-3-5-10(13)15(21)19-9-7-11(16)14(20)12(17)8-9/h3-8,18,20H,2H2,1H3,(H,19,21). The van der Waals surface area contributed by atoms with E-state index < -0.39 is 0 Å². The van der Waals surface area contributed by atoms with Crippen LogP contribution in [0.15, 0.2) is 36.4 Å². The van der Waals surface area contributed by atoms with E-state index in [1.165, 1.54) is 12.1 Å². The van der Waals surface area contributed by atoms with Gasteiger partial charge in [0.05, 0.1) is 15.6 Å². The molecule has 0 radical (unpaired) electrons. The number of amides is 1. The van der Waals surface area contributed by atoms with Gasteiger partial charge in [-0.1, -0.05) is 35.3 Å². The lowest BCUT2D eigenvalue weighted by Crippen LogP contribution is -2.14. The quantitative estimate of drug-likeness (QED) is 0.731. The van der Waals surface area contributed by atoms with E-state index in [-0.39, 0.29) is 21.7 Å². The minimum atomic E-state index is -0.288. The Morgan fingerprint density at radius 2 is 1.81 bits per heavy atom. The van der Waals surface area contributed by atoms with Crippen LogP contribution in [-0.2, 0) is 0 Å². The van der Waals surface area contributed by atoms with Crippen molar-refractivity contribution in [2.45, 2.75) is 6.92 Å². The van der Waals surface area contributed by atoms with Crippen LogP contribution in [0.4, 0.5) is 11.4 Å². The fourth-order valence-electron chi connectivity index (χ4n) is 1.86. The average Bonchev–Trinajstić information content (AvgIpc) is 2.45. The van der Waals surface area contributed by atoms with Crippen molar-refractivity contribution < 1.29 is 9.90 Å². The summed E-state index contributed by atoms with van der Waals surface area (Å²) in [4.78, 5) is 12.3. The monoisotopic (exact) mass is 324 g/mol. The van der Waals surface area contributed by atoms with Crippen molar-refractivity contribution in [2.24, 2.45) is 0 Å². The molecule has 1 amide bonds. The zero-order chi connectivity index (χ0) is 15.4. The maximum atomic E-state index is 12.3. The SMILES string of the molecule is CCNc1ccccc1C(=O)Nc1cc(Cl)c(O)c(Cl)c1. The largest absolute Gasteiger partial charge is 0.505 e. The van der Waals surface area contributed by atoms with E-state index >= 15 is 0 Å². The lowest BCUT2D eigenvalue weighted by atomic mass is 10.1. The third-order valence-electron chi connectivity index (χ3n) is 2.81. The van der Waals surface area contributed by atoms with Gasteiger partial charge in [0.25, 0.3) is 5.91 Å². The van der Waals surface area contributed by atoms with Crippen molar-refractivity contribution in [1.82, 2.24) is 0 Å². The Balaban J connectivity index is 2.26. The maximum Gasteiger partial charge on any atom is 0.257 e. The highest BCUT2D eigenvalue weighted by molar-refractivity contribution is 6.37. The molecule has 0 atom stereocenters. The van der Waals surface area contributed by atoms with Gasteiger partial charge in [-0.15, -0.1) is 0 Å². The van der Waals surface area contributed by atoms with E-state index in [2.05, 4.69) is 10.6 Å². The van der Waals surface area contributed by atoms with Crippen LogP contribution in [0.2, 0.25) is 10.0 Å². The van der Waals surface area contributed by atoms with E-state index in [4.69, 9.17) is 23.2 Å². The lowest BCUT2D eigenvalue weighted by molar-refractivity contribution is 0.102. The number of para-hydroxylation sites is 1. The van der Waals surface area contributed by atoms with Crippen LogP contribution >= 0.6 is 23.2 Å². The Morgan fingerprint density at radius 1 is 1.19 bits per heavy atom.